The molecule has 0 amide bonds. The molecule has 1 N–H and O–H groups in total. The third-order valence-corrected chi connectivity index (χ3v) is 2.83. The van der Waals surface area contributed by atoms with Crippen molar-refractivity contribution in [2.75, 3.05) is 0 Å². The Kier molecular flexibility index (Phi) is 5.37. The van der Waals surface area contributed by atoms with Gasteiger partial charge in [0.05, 0.1) is 11.1 Å². The molecule has 0 spiro atoms. The lowest BCUT2D eigenvalue weighted by molar-refractivity contribution is 0.0697. The summed E-state index contributed by atoms with van der Waals surface area (Å²) in [6.45, 7) is 0. The van der Waals surface area contributed by atoms with Crippen molar-refractivity contribution in [3.8, 4) is 29.8 Å². The molecule has 2 aromatic rings. The monoisotopic (exact) mass is 297 g/mol. The van der Waals surface area contributed by atoms with Crippen LogP contribution in [0.4, 0.5) is 0 Å². The number of benzene rings is 2. The van der Waals surface area contributed by atoms with Gasteiger partial charge in [-0.1, -0.05) is 41.9 Å². The largest absolute Gasteiger partial charge is 0.478 e. The number of nitriles is 1. The molecule has 0 aliphatic heterocycles. The predicted molar refractivity (Wildman–Crippen MR) is 87.5 cm³/mol. The van der Waals surface area contributed by atoms with Crippen LogP contribution < -0.4 is 0 Å². The number of rotatable bonds is 1. The minimum Gasteiger partial charge on any atom is -0.478 e. The van der Waals surface area contributed by atoms with Crippen molar-refractivity contribution in [2.45, 2.75) is 0 Å². The van der Waals surface area contributed by atoms with E-state index < -0.39 is 5.97 Å². The number of hydrogen-bond donors (Lipinski definition) is 1. The number of carbonyl (C=O) groups is 1. The summed E-state index contributed by atoms with van der Waals surface area (Å²) in [7, 11) is 0. The van der Waals surface area contributed by atoms with E-state index in [9.17, 15) is 4.79 Å². The van der Waals surface area contributed by atoms with Crippen molar-refractivity contribution < 1.29 is 9.90 Å². The molecular formula is C20H11NO2. The van der Waals surface area contributed by atoms with E-state index in [1.54, 1.807) is 42.5 Å². The van der Waals surface area contributed by atoms with Gasteiger partial charge >= 0.3 is 5.97 Å². The highest BCUT2D eigenvalue weighted by molar-refractivity contribution is 5.88. The van der Waals surface area contributed by atoms with Crippen LogP contribution in [0.1, 0.15) is 27.0 Å². The summed E-state index contributed by atoms with van der Waals surface area (Å²) in [5.41, 5.74) is 2.03. The van der Waals surface area contributed by atoms with Crippen molar-refractivity contribution >= 4 is 5.97 Å². The van der Waals surface area contributed by atoms with Crippen LogP contribution in [0.15, 0.2) is 60.7 Å². The third-order valence-electron chi connectivity index (χ3n) is 2.83. The van der Waals surface area contributed by atoms with Gasteiger partial charge in [0.2, 0.25) is 0 Å². The van der Waals surface area contributed by atoms with Crippen LogP contribution in [-0.2, 0) is 0 Å². The molecule has 0 atom stereocenters. The molecule has 0 unspecified atom stereocenters. The Balaban J connectivity index is 2.07. The lowest BCUT2D eigenvalue weighted by Gasteiger charge is -1.93. The maximum absolute atomic E-state index is 10.9. The molecule has 3 heteroatoms. The topological polar surface area (TPSA) is 61.1 Å². The Hall–Kier alpha value is -3.74. The number of allylic oxidation sites excluding steroid dienone is 2. The molecule has 23 heavy (non-hydrogen) atoms. The van der Waals surface area contributed by atoms with Crippen molar-refractivity contribution in [1.82, 2.24) is 0 Å². The number of hydrogen-bond acceptors (Lipinski definition) is 2. The van der Waals surface area contributed by atoms with Gasteiger partial charge in [-0.2, -0.15) is 5.26 Å². The fraction of sp³-hybridized carbons (Fsp3) is 0. The highest BCUT2D eigenvalue weighted by atomic mass is 16.4. The molecule has 2 rings (SSSR count). The Morgan fingerprint density at radius 1 is 0.957 bits per heavy atom. The van der Waals surface area contributed by atoms with E-state index in [1.165, 1.54) is 12.1 Å². The standard InChI is InChI=1S/C20H11NO2/c21-15-19-12-6-5-11-17(19)10-4-2-1-3-8-16-9-7-13-18(14-16)20(22)23/h1-2,5-7,9,11-14H,(H,22,23). The highest BCUT2D eigenvalue weighted by Gasteiger charge is 2.00. The van der Waals surface area contributed by atoms with Crippen LogP contribution in [0.2, 0.25) is 0 Å². The average molecular weight is 297 g/mol. The molecule has 0 bridgehead atoms. The van der Waals surface area contributed by atoms with Gasteiger partial charge in [0.25, 0.3) is 0 Å². The van der Waals surface area contributed by atoms with Crippen molar-refractivity contribution in [3.05, 3.63) is 82.9 Å². The van der Waals surface area contributed by atoms with Gasteiger partial charge in [0, 0.05) is 11.1 Å². The van der Waals surface area contributed by atoms with Crippen molar-refractivity contribution in [2.24, 2.45) is 0 Å². The van der Waals surface area contributed by atoms with Crippen LogP contribution >= 0.6 is 0 Å². The SMILES string of the molecule is N#Cc1ccccc1C#CC=CC#Cc1cccc(C(=O)O)c1. The van der Waals surface area contributed by atoms with Crippen molar-refractivity contribution in [3.63, 3.8) is 0 Å². The maximum Gasteiger partial charge on any atom is 0.335 e. The Morgan fingerprint density at radius 3 is 2.35 bits per heavy atom. The first kappa shape index (κ1) is 15.6. The molecule has 0 aliphatic rings. The Morgan fingerprint density at radius 2 is 1.65 bits per heavy atom. The van der Waals surface area contributed by atoms with E-state index in [-0.39, 0.29) is 5.56 Å². The molecule has 0 fully saturated rings. The minimum absolute atomic E-state index is 0.202. The molecule has 108 valence electrons. The lowest BCUT2D eigenvalue weighted by atomic mass is 10.1. The first-order valence-electron chi connectivity index (χ1n) is 6.71. The van der Waals surface area contributed by atoms with Crippen LogP contribution in [0, 0.1) is 35.0 Å². The first-order chi connectivity index (χ1) is 11.2. The second-order valence-electron chi connectivity index (χ2n) is 4.42. The zero-order valence-electron chi connectivity index (χ0n) is 12.1. The van der Waals surface area contributed by atoms with Gasteiger partial charge in [-0.05, 0) is 42.5 Å². The van der Waals surface area contributed by atoms with Crippen LogP contribution in [0.25, 0.3) is 0 Å². The van der Waals surface area contributed by atoms with E-state index in [1.807, 2.05) is 6.07 Å². The molecular weight excluding hydrogens is 286 g/mol. The molecule has 0 radical (unpaired) electrons. The second-order valence-corrected chi connectivity index (χ2v) is 4.42. The minimum atomic E-state index is -0.980. The van der Waals surface area contributed by atoms with Gasteiger partial charge in [-0.3, -0.25) is 0 Å². The van der Waals surface area contributed by atoms with Crippen LogP contribution in [0.3, 0.4) is 0 Å². The average Bonchev–Trinajstić information content (AvgIpc) is 2.58. The third kappa shape index (κ3) is 4.64. The summed E-state index contributed by atoms with van der Waals surface area (Å²) in [5.74, 6) is 10.3. The summed E-state index contributed by atoms with van der Waals surface area (Å²) < 4.78 is 0. The molecule has 0 heterocycles. The van der Waals surface area contributed by atoms with Crippen LogP contribution in [-0.4, -0.2) is 11.1 Å². The van der Waals surface area contributed by atoms with Gasteiger partial charge < -0.3 is 5.11 Å². The Labute approximate surface area is 134 Å². The number of carboxylic acids is 1. The molecule has 0 saturated carbocycles. The number of aromatic carboxylic acids is 1. The first-order valence-corrected chi connectivity index (χ1v) is 6.71. The van der Waals surface area contributed by atoms with Gasteiger partial charge in [-0.15, -0.1) is 0 Å². The second kappa shape index (κ2) is 7.89. The fourth-order valence-electron chi connectivity index (χ4n) is 1.75. The summed E-state index contributed by atoms with van der Waals surface area (Å²) in [4.78, 5) is 10.9. The summed E-state index contributed by atoms with van der Waals surface area (Å²) >= 11 is 0. The smallest absolute Gasteiger partial charge is 0.335 e. The fourth-order valence-corrected chi connectivity index (χ4v) is 1.75. The quantitative estimate of drug-likeness (QED) is 0.822. The number of carboxylic acid groups (broad SMARTS) is 1. The van der Waals surface area contributed by atoms with Gasteiger partial charge in [0.15, 0.2) is 0 Å². The highest BCUT2D eigenvalue weighted by Crippen LogP contribution is 2.05. The van der Waals surface area contributed by atoms with Crippen molar-refractivity contribution in [1.29, 1.82) is 5.26 Å². The van der Waals surface area contributed by atoms with E-state index in [0.29, 0.717) is 16.7 Å². The summed E-state index contributed by atoms with van der Waals surface area (Å²) in [6, 6.07) is 15.6. The van der Waals surface area contributed by atoms with Gasteiger partial charge in [-0.25, -0.2) is 4.79 Å². The normalized spacial score (nSPS) is 9.17. The van der Waals surface area contributed by atoms with E-state index in [4.69, 9.17) is 10.4 Å². The zero-order chi connectivity index (χ0) is 16.5. The lowest BCUT2D eigenvalue weighted by Crippen LogP contribution is -1.95. The molecule has 3 nitrogen and oxygen atoms in total. The maximum atomic E-state index is 10.9. The van der Waals surface area contributed by atoms with E-state index in [0.717, 1.165) is 0 Å². The predicted octanol–water partition coefficient (Wildman–Crippen LogP) is 3.22. The Bertz CT molecular complexity index is 926. The van der Waals surface area contributed by atoms with Crippen LogP contribution in [0.5, 0.6) is 0 Å². The summed E-state index contributed by atoms with van der Waals surface area (Å²) in [5, 5.41) is 17.8. The molecule has 0 aromatic heterocycles. The molecule has 2 aromatic carbocycles. The summed E-state index contributed by atoms with van der Waals surface area (Å²) in [6.07, 6.45) is 3.16. The zero-order valence-corrected chi connectivity index (χ0v) is 12.1. The van der Waals surface area contributed by atoms with E-state index >= 15 is 0 Å². The van der Waals surface area contributed by atoms with Gasteiger partial charge in [0.1, 0.15) is 6.07 Å². The van der Waals surface area contributed by atoms with E-state index in [2.05, 4.69) is 29.8 Å². The molecule has 0 aliphatic carbocycles. The number of nitrogens with zero attached hydrogens (tertiary/aromatic N) is 1. The molecule has 0 saturated heterocycles.